The predicted molar refractivity (Wildman–Crippen MR) is 73.6 cm³/mol. The summed E-state index contributed by atoms with van der Waals surface area (Å²) in [6, 6.07) is 1.87. The molecule has 1 atom stereocenters. The van der Waals surface area contributed by atoms with Crippen LogP contribution in [0.3, 0.4) is 0 Å². The molecule has 1 aromatic heterocycles. The van der Waals surface area contributed by atoms with Crippen LogP contribution < -0.4 is 4.90 Å². The maximum Gasteiger partial charge on any atom is 0.142 e. The SMILES string of the molecule is OCCC1CCCN(c2ncc(Cl)cc2Br)C1. The van der Waals surface area contributed by atoms with E-state index in [-0.39, 0.29) is 6.61 Å². The Hall–Kier alpha value is -0.320. The monoisotopic (exact) mass is 318 g/mol. The summed E-state index contributed by atoms with van der Waals surface area (Å²) in [4.78, 5) is 6.65. The Morgan fingerprint density at radius 1 is 1.59 bits per heavy atom. The third-order valence-corrected chi connectivity index (χ3v) is 3.93. The number of nitrogens with zero attached hydrogens (tertiary/aromatic N) is 2. The van der Waals surface area contributed by atoms with Crippen LogP contribution in [0.5, 0.6) is 0 Å². The molecule has 94 valence electrons. The zero-order valence-corrected chi connectivity index (χ0v) is 11.9. The molecule has 1 saturated heterocycles. The quantitative estimate of drug-likeness (QED) is 0.930. The molecule has 2 rings (SSSR count). The summed E-state index contributed by atoms with van der Waals surface area (Å²) in [5.41, 5.74) is 0. The summed E-state index contributed by atoms with van der Waals surface area (Å²) in [6.07, 6.45) is 4.91. The number of aromatic nitrogens is 1. The third-order valence-electron chi connectivity index (χ3n) is 3.14. The van der Waals surface area contributed by atoms with Gasteiger partial charge in [0.1, 0.15) is 5.82 Å². The van der Waals surface area contributed by atoms with E-state index in [4.69, 9.17) is 16.7 Å². The van der Waals surface area contributed by atoms with Gasteiger partial charge in [-0.25, -0.2) is 4.98 Å². The Morgan fingerprint density at radius 2 is 2.41 bits per heavy atom. The highest BCUT2D eigenvalue weighted by Crippen LogP contribution is 2.30. The summed E-state index contributed by atoms with van der Waals surface area (Å²) in [6.45, 7) is 2.26. The number of hydrogen-bond acceptors (Lipinski definition) is 3. The highest BCUT2D eigenvalue weighted by molar-refractivity contribution is 9.10. The van der Waals surface area contributed by atoms with Gasteiger partial charge >= 0.3 is 0 Å². The van der Waals surface area contributed by atoms with E-state index in [9.17, 15) is 0 Å². The molecule has 1 aliphatic rings. The van der Waals surface area contributed by atoms with Crippen molar-refractivity contribution in [1.82, 2.24) is 4.98 Å². The van der Waals surface area contributed by atoms with Gasteiger partial charge in [-0.1, -0.05) is 11.6 Å². The van der Waals surface area contributed by atoms with Crippen molar-refractivity contribution >= 4 is 33.3 Å². The lowest BCUT2D eigenvalue weighted by molar-refractivity contribution is 0.244. The van der Waals surface area contributed by atoms with Gasteiger partial charge in [-0.2, -0.15) is 0 Å². The maximum absolute atomic E-state index is 9.01. The normalized spacial score (nSPS) is 20.6. The molecule has 0 aromatic carbocycles. The lowest BCUT2D eigenvalue weighted by atomic mass is 9.95. The van der Waals surface area contributed by atoms with Crippen molar-refractivity contribution in [3.63, 3.8) is 0 Å². The molecule has 2 heterocycles. The average Bonchev–Trinajstić information content (AvgIpc) is 2.29. The summed E-state index contributed by atoms with van der Waals surface area (Å²) in [5, 5.41) is 9.65. The van der Waals surface area contributed by atoms with E-state index in [2.05, 4.69) is 25.8 Å². The Bertz CT molecular complexity index is 387. The lowest BCUT2D eigenvalue weighted by Crippen LogP contribution is -2.36. The summed E-state index contributed by atoms with van der Waals surface area (Å²) in [5.74, 6) is 1.52. The molecule has 0 spiro atoms. The van der Waals surface area contributed by atoms with Crippen molar-refractivity contribution < 1.29 is 5.11 Å². The van der Waals surface area contributed by atoms with Gasteiger partial charge in [-0.05, 0) is 47.2 Å². The fraction of sp³-hybridized carbons (Fsp3) is 0.583. The first kappa shape index (κ1) is 13.1. The molecule has 0 saturated carbocycles. The Morgan fingerprint density at radius 3 is 3.12 bits per heavy atom. The van der Waals surface area contributed by atoms with Crippen LogP contribution in [0, 0.1) is 5.92 Å². The molecule has 0 bridgehead atoms. The highest BCUT2D eigenvalue weighted by atomic mass is 79.9. The highest BCUT2D eigenvalue weighted by Gasteiger charge is 2.21. The smallest absolute Gasteiger partial charge is 0.142 e. The van der Waals surface area contributed by atoms with Crippen LogP contribution in [0.15, 0.2) is 16.7 Å². The first-order valence-electron chi connectivity index (χ1n) is 5.87. The van der Waals surface area contributed by atoms with Gasteiger partial charge in [0.15, 0.2) is 0 Å². The van der Waals surface area contributed by atoms with E-state index in [1.54, 1.807) is 6.20 Å². The lowest BCUT2D eigenvalue weighted by Gasteiger charge is -2.33. The van der Waals surface area contributed by atoms with Crippen LogP contribution in [-0.2, 0) is 0 Å². The number of aliphatic hydroxyl groups is 1. The van der Waals surface area contributed by atoms with E-state index in [0.717, 1.165) is 36.2 Å². The van der Waals surface area contributed by atoms with Crippen LogP contribution in [0.2, 0.25) is 5.02 Å². The minimum absolute atomic E-state index is 0.272. The standard InChI is InChI=1S/C12H16BrClN2O/c13-11-6-10(14)7-15-12(11)16-4-1-2-9(8-16)3-5-17/h6-7,9,17H,1-5,8H2. The van der Waals surface area contributed by atoms with Gasteiger partial charge in [-0.3, -0.25) is 0 Å². The second-order valence-electron chi connectivity index (χ2n) is 4.43. The summed E-state index contributed by atoms with van der Waals surface area (Å²) >= 11 is 9.39. The number of anilines is 1. The van der Waals surface area contributed by atoms with Crippen molar-refractivity contribution in [3.8, 4) is 0 Å². The number of aliphatic hydroxyl groups excluding tert-OH is 1. The zero-order chi connectivity index (χ0) is 12.3. The summed E-state index contributed by atoms with van der Waals surface area (Å²) < 4.78 is 0.939. The molecule has 17 heavy (non-hydrogen) atoms. The second-order valence-corrected chi connectivity index (χ2v) is 5.72. The molecular formula is C12H16BrClN2O. The molecular weight excluding hydrogens is 304 g/mol. The Labute approximate surface area is 115 Å². The molecule has 1 aliphatic heterocycles. The minimum Gasteiger partial charge on any atom is -0.396 e. The molecule has 1 aromatic rings. The van der Waals surface area contributed by atoms with E-state index < -0.39 is 0 Å². The molecule has 1 unspecified atom stereocenters. The van der Waals surface area contributed by atoms with Crippen LogP contribution in [0.25, 0.3) is 0 Å². The van der Waals surface area contributed by atoms with Crippen molar-refractivity contribution in [3.05, 3.63) is 21.8 Å². The van der Waals surface area contributed by atoms with Crippen LogP contribution in [0.1, 0.15) is 19.3 Å². The first-order chi connectivity index (χ1) is 8.20. The topological polar surface area (TPSA) is 36.4 Å². The van der Waals surface area contributed by atoms with E-state index in [1.165, 1.54) is 6.42 Å². The molecule has 0 aliphatic carbocycles. The molecule has 5 heteroatoms. The molecule has 1 N–H and O–H groups in total. The van der Waals surface area contributed by atoms with Crippen LogP contribution >= 0.6 is 27.5 Å². The second kappa shape index (κ2) is 6.03. The van der Waals surface area contributed by atoms with E-state index >= 15 is 0 Å². The minimum atomic E-state index is 0.272. The average molecular weight is 320 g/mol. The fourth-order valence-electron chi connectivity index (χ4n) is 2.32. The molecule has 0 amide bonds. The summed E-state index contributed by atoms with van der Waals surface area (Å²) in [7, 11) is 0. The van der Waals surface area contributed by atoms with Crippen molar-refractivity contribution in [2.45, 2.75) is 19.3 Å². The Kier molecular flexibility index (Phi) is 4.65. The van der Waals surface area contributed by atoms with Gasteiger partial charge in [0.2, 0.25) is 0 Å². The molecule has 0 radical (unpaired) electrons. The van der Waals surface area contributed by atoms with Crippen LogP contribution in [0.4, 0.5) is 5.82 Å². The number of halogens is 2. The van der Waals surface area contributed by atoms with Gasteiger partial charge in [0.05, 0.1) is 9.50 Å². The van der Waals surface area contributed by atoms with Crippen molar-refractivity contribution in [2.24, 2.45) is 5.92 Å². The van der Waals surface area contributed by atoms with E-state index in [0.29, 0.717) is 10.9 Å². The third kappa shape index (κ3) is 3.33. The number of hydrogen-bond donors (Lipinski definition) is 1. The van der Waals surface area contributed by atoms with Crippen molar-refractivity contribution in [1.29, 1.82) is 0 Å². The predicted octanol–water partition coefficient (Wildman–Crippen LogP) is 3.10. The first-order valence-corrected chi connectivity index (χ1v) is 7.04. The Balaban J connectivity index is 2.10. The largest absolute Gasteiger partial charge is 0.396 e. The fourth-order valence-corrected chi connectivity index (χ4v) is 3.21. The van der Waals surface area contributed by atoms with Gasteiger partial charge < -0.3 is 10.0 Å². The number of rotatable bonds is 3. The van der Waals surface area contributed by atoms with Gasteiger partial charge in [0.25, 0.3) is 0 Å². The van der Waals surface area contributed by atoms with Crippen molar-refractivity contribution in [2.75, 3.05) is 24.6 Å². The zero-order valence-electron chi connectivity index (χ0n) is 9.57. The van der Waals surface area contributed by atoms with E-state index in [1.807, 2.05) is 6.07 Å². The van der Waals surface area contributed by atoms with Crippen LogP contribution in [-0.4, -0.2) is 29.8 Å². The van der Waals surface area contributed by atoms with Gasteiger partial charge in [-0.15, -0.1) is 0 Å². The number of pyridine rings is 1. The molecule has 1 fully saturated rings. The maximum atomic E-state index is 9.01. The molecule has 3 nitrogen and oxygen atoms in total. The number of piperidine rings is 1. The van der Waals surface area contributed by atoms with Gasteiger partial charge in [0, 0.05) is 25.9 Å².